The molecular weight excluding hydrogens is 256 g/mol. The third-order valence-electron chi connectivity index (χ3n) is 7.38. The molecule has 0 heterocycles. The fourth-order valence-electron chi connectivity index (χ4n) is 4.86. The van der Waals surface area contributed by atoms with Gasteiger partial charge in [0.25, 0.3) is 0 Å². The summed E-state index contributed by atoms with van der Waals surface area (Å²) >= 11 is 0. The maximum absolute atomic E-state index is 10.8. The molecule has 1 fully saturated rings. The first kappa shape index (κ1) is 17.1. The normalized spacial score (nSPS) is 44.9. The number of aliphatic hydroxyl groups is 1. The van der Waals surface area contributed by atoms with Crippen LogP contribution in [-0.4, -0.2) is 11.2 Å². The topological polar surface area (TPSA) is 20.2 Å². The molecule has 2 aliphatic carbocycles. The monoisotopic (exact) mass is 292 g/mol. The molecule has 2 aliphatic rings. The van der Waals surface area contributed by atoms with Crippen LogP contribution < -0.4 is 0 Å². The van der Waals surface area contributed by atoms with E-state index in [2.05, 4.69) is 47.6 Å². The number of fused-ring (bicyclic) bond motifs is 1. The van der Waals surface area contributed by atoms with Gasteiger partial charge in [-0.05, 0) is 55.3 Å². The molecule has 0 aliphatic heterocycles. The van der Waals surface area contributed by atoms with Gasteiger partial charge in [-0.15, -0.1) is 0 Å². The van der Waals surface area contributed by atoms with Crippen LogP contribution >= 0.6 is 0 Å². The number of aliphatic hydroxyl groups excluding tert-OH is 1. The Morgan fingerprint density at radius 3 is 2.57 bits per heavy atom. The minimum atomic E-state index is -0.161. The Kier molecular flexibility index (Phi) is 4.93. The summed E-state index contributed by atoms with van der Waals surface area (Å²) in [5, 5.41) is 10.8. The summed E-state index contributed by atoms with van der Waals surface area (Å²) in [6, 6.07) is 0. The summed E-state index contributed by atoms with van der Waals surface area (Å²) in [5.74, 6) is 2.00. The highest BCUT2D eigenvalue weighted by Gasteiger charge is 2.55. The highest BCUT2D eigenvalue weighted by Crippen LogP contribution is 2.61. The maximum Gasteiger partial charge on any atom is 0.0636 e. The lowest BCUT2D eigenvalue weighted by Gasteiger charge is -2.58. The van der Waals surface area contributed by atoms with Crippen molar-refractivity contribution >= 4 is 0 Å². The van der Waals surface area contributed by atoms with Crippen molar-refractivity contribution in [2.45, 2.75) is 86.2 Å². The summed E-state index contributed by atoms with van der Waals surface area (Å²) in [6.45, 7) is 14.2. The molecule has 0 radical (unpaired) electrons. The van der Waals surface area contributed by atoms with E-state index in [0.717, 1.165) is 12.3 Å². The SMILES string of the molecule is CCC(C)CCC1(C)C2=CCCC(C)C2(C)C(O)CC1C. The largest absolute Gasteiger partial charge is 0.392 e. The Morgan fingerprint density at radius 2 is 1.95 bits per heavy atom. The lowest BCUT2D eigenvalue weighted by atomic mass is 9.48. The van der Waals surface area contributed by atoms with Crippen molar-refractivity contribution in [3.05, 3.63) is 11.6 Å². The van der Waals surface area contributed by atoms with Gasteiger partial charge in [-0.2, -0.15) is 0 Å². The van der Waals surface area contributed by atoms with Gasteiger partial charge < -0.3 is 5.11 Å². The van der Waals surface area contributed by atoms with E-state index < -0.39 is 0 Å². The van der Waals surface area contributed by atoms with E-state index in [1.54, 1.807) is 5.57 Å². The van der Waals surface area contributed by atoms with Crippen molar-refractivity contribution in [1.82, 2.24) is 0 Å². The van der Waals surface area contributed by atoms with Crippen LogP contribution in [0.5, 0.6) is 0 Å². The fraction of sp³-hybridized carbons (Fsp3) is 0.900. The van der Waals surface area contributed by atoms with Crippen molar-refractivity contribution in [2.24, 2.45) is 28.6 Å². The molecule has 1 N–H and O–H groups in total. The molecule has 0 aromatic carbocycles. The molecule has 0 bridgehead atoms. The molecule has 0 saturated heterocycles. The van der Waals surface area contributed by atoms with Crippen LogP contribution in [0.4, 0.5) is 0 Å². The smallest absolute Gasteiger partial charge is 0.0636 e. The van der Waals surface area contributed by atoms with Gasteiger partial charge in [0, 0.05) is 5.41 Å². The molecule has 0 spiro atoms. The zero-order chi connectivity index (χ0) is 15.8. The molecule has 6 atom stereocenters. The summed E-state index contributed by atoms with van der Waals surface area (Å²) in [6.07, 6.45) is 9.60. The van der Waals surface area contributed by atoms with Gasteiger partial charge in [-0.25, -0.2) is 0 Å². The van der Waals surface area contributed by atoms with Gasteiger partial charge in [-0.1, -0.05) is 59.6 Å². The minimum absolute atomic E-state index is 0.00889. The van der Waals surface area contributed by atoms with E-state index in [1.807, 2.05) is 0 Å². The number of hydrogen-bond acceptors (Lipinski definition) is 1. The van der Waals surface area contributed by atoms with Gasteiger partial charge in [0.15, 0.2) is 0 Å². The van der Waals surface area contributed by atoms with Crippen LogP contribution in [0.3, 0.4) is 0 Å². The number of rotatable bonds is 4. The van der Waals surface area contributed by atoms with Crippen molar-refractivity contribution in [2.75, 3.05) is 0 Å². The summed E-state index contributed by atoms with van der Waals surface area (Å²) < 4.78 is 0. The lowest BCUT2D eigenvalue weighted by Crippen LogP contribution is -2.53. The zero-order valence-corrected chi connectivity index (χ0v) is 15.1. The first-order valence-electron chi connectivity index (χ1n) is 9.16. The van der Waals surface area contributed by atoms with Crippen LogP contribution in [0.15, 0.2) is 11.6 Å². The quantitative estimate of drug-likeness (QED) is 0.670. The average Bonchev–Trinajstić information content (AvgIpc) is 2.45. The zero-order valence-electron chi connectivity index (χ0n) is 15.1. The van der Waals surface area contributed by atoms with E-state index in [-0.39, 0.29) is 16.9 Å². The number of hydrogen-bond donors (Lipinski definition) is 1. The highest BCUT2D eigenvalue weighted by atomic mass is 16.3. The first-order valence-corrected chi connectivity index (χ1v) is 9.16. The predicted molar refractivity (Wildman–Crippen MR) is 91.2 cm³/mol. The molecule has 1 saturated carbocycles. The Bertz CT molecular complexity index is 399. The molecule has 122 valence electrons. The third kappa shape index (κ3) is 2.71. The van der Waals surface area contributed by atoms with Crippen molar-refractivity contribution < 1.29 is 5.11 Å². The molecular formula is C20H36O. The molecule has 21 heavy (non-hydrogen) atoms. The highest BCUT2D eigenvalue weighted by molar-refractivity contribution is 5.31. The van der Waals surface area contributed by atoms with Crippen LogP contribution in [0.1, 0.15) is 80.1 Å². The maximum atomic E-state index is 10.8. The van der Waals surface area contributed by atoms with Crippen molar-refractivity contribution in [3.8, 4) is 0 Å². The van der Waals surface area contributed by atoms with Crippen molar-refractivity contribution in [3.63, 3.8) is 0 Å². The van der Waals surface area contributed by atoms with E-state index in [9.17, 15) is 5.11 Å². The van der Waals surface area contributed by atoms with E-state index >= 15 is 0 Å². The van der Waals surface area contributed by atoms with Gasteiger partial charge in [0.1, 0.15) is 0 Å². The molecule has 0 aromatic heterocycles. The van der Waals surface area contributed by atoms with Gasteiger partial charge in [0.05, 0.1) is 6.10 Å². The minimum Gasteiger partial charge on any atom is -0.392 e. The Balaban J connectivity index is 2.33. The predicted octanol–water partition coefficient (Wildman–Crippen LogP) is 5.58. The Hall–Kier alpha value is -0.300. The second-order valence-corrected chi connectivity index (χ2v) is 8.50. The first-order chi connectivity index (χ1) is 9.76. The number of allylic oxidation sites excluding steroid dienone is 1. The van der Waals surface area contributed by atoms with Crippen LogP contribution in [0.2, 0.25) is 0 Å². The van der Waals surface area contributed by atoms with E-state index in [1.165, 1.54) is 32.1 Å². The fourth-order valence-corrected chi connectivity index (χ4v) is 4.86. The van der Waals surface area contributed by atoms with Crippen LogP contribution in [0.25, 0.3) is 0 Å². The van der Waals surface area contributed by atoms with Crippen LogP contribution in [0, 0.1) is 28.6 Å². The second kappa shape index (κ2) is 6.07. The molecule has 6 unspecified atom stereocenters. The average molecular weight is 293 g/mol. The molecule has 0 amide bonds. The molecule has 1 heteroatoms. The summed E-state index contributed by atoms with van der Waals surface area (Å²) in [7, 11) is 0. The molecule has 2 rings (SSSR count). The Labute approximate surface area is 132 Å². The third-order valence-corrected chi connectivity index (χ3v) is 7.38. The summed E-state index contributed by atoms with van der Waals surface area (Å²) in [5.41, 5.74) is 1.88. The second-order valence-electron chi connectivity index (χ2n) is 8.50. The summed E-state index contributed by atoms with van der Waals surface area (Å²) in [4.78, 5) is 0. The molecule has 0 aromatic rings. The lowest BCUT2D eigenvalue weighted by molar-refractivity contribution is -0.0613. The van der Waals surface area contributed by atoms with Crippen LogP contribution in [-0.2, 0) is 0 Å². The van der Waals surface area contributed by atoms with Gasteiger partial charge in [0.2, 0.25) is 0 Å². The van der Waals surface area contributed by atoms with Gasteiger partial charge >= 0.3 is 0 Å². The molecule has 1 nitrogen and oxygen atoms in total. The standard InChI is InChI=1S/C20H36O/c1-7-14(2)11-12-19(5)16(4)13-18(21)20(6)15(3)9-8-10-17(19)20/h10,14-16,18,21H,7-9,11-13H2,1-6H3. The Morgan fingerprint density at radius 1 is 1.29 bits per heavy atom. The van der Waals surface area contributed by atoms with E-state index in [4.69, 9.17) is 0 Å². The van der Waals surface area contributed by atoms with Crippen molar-refractivity contribution in [1.29, 1.82) is 0 Å². The van der Waals surface area contributed by atoms with E-state index in [0.29, 0.717) is 11.8 Å². The van der Waals surface area contributed by atoms with Gasteiger partial charge in [-0.3, -0.25) is 0 Å².